The maximum Gasteiger partial charge on any atom is 0.271 e. The topological polar surface area (TPSA) is 87.6 Å². The Kier molecular flexibility index (Phi) is 4.49. The Morgan fingerprint density at radius 1 is 1.33 bits per heavy atom. The lowest BCUT2D eigenvalue weighted by Crippen LogP contribution is -2.13. The lowest BCUT2D eigenvalue weighted by molar-refractivity contribution is -0.106. The van der Waals surface area contributed by atoms with Gasteiger partial charge in [0.1, 0.15) is 13.3 Å². The van der Waals surface area contributed by atoms with Gasteiger partial charge in [-0.1, -0.05) is 5.16 Å². The summed E-state index contributed by atoms with van der Waals surface area (Å²) in [6.45, 7) is -1.93. The van der Waals surface area contributed by atoms with Crippen molar-refractivity contribution in [1.29, 1.82) is 0 Å². The molecule has 0 atom stereocenters. The molecule has 8 heteroatoms. The van der Waals surface area contributed by atoms with Crippen LogP contribution in [0.3, 0.4) is 0 Å². The number of fused-ring (bicyclic) bond motifs is 1. The molecule has 0 aliphatic carbocycles. The summed E-state index contributed by atoms with van der Waals surface area (Å²) in [5.74, 6) is -0.830. The van der Waals surface area contributed by atoms with Crippen molar-refractivity contribution in [2.75, 3.05) is 14.2 Å². The van der Waals surface area contributed by atoms with Gasteiger partial charge in [0.2, 0.25) is 0 Å². The number of hydrogen-bond acceptors (Lipinski definition) is 5. The zero-order chi connectivity index (χ0) is 15.6. The Morgan fingerprint density at radius 3 is 2.43 bits per heavy atom. The molecule has 0 bridgehead atoms. The van der Waals surface area contributed by atoms with Crippen molar-refractivity contribution in [3.63, 3.8) is 0 Å². The van der Waals surface area contributed by atoms with E-state index in [1.165, 1.54) is 20.3 Å². The van der Waals surface area contributed by atoms with E-state index in [0.717, 1.165) is 0 Å². The summed E-state index contributed by atoms with van der Waals surface area (Å²) < 4.78 is 41.7. The van der Waals surface area contributed by atoms with Gasteiger partial charge in [0.05, 0.1) is 5.39 Å². The van der Waals surface area contributed by atoms with Gasteiger partial charge in [-0.3, -0.25) is 4.79 Å². The van der Waals surface area contributed by atoms with Crippen molar-refractivity contribution in [3.8, 4) is 0 Å². The number of ether oxygens (including phenoxy) is 2. The van der Waals surface area contributed by atoms with Gasteiger partial charge < -0.3 is 19.7 Å². The van der Waals surface area contributed by atoms with Gasteiger partial charge in [-0.15, -0.1) is 0 Å². The predicted octanol–water partition coefficient (Wildman–Crippen LogP) is 2.16. The number of aromatic nitrogens is 1. The fraction of sp³-hybridized carbons (Fsp3) is 0.385. The Morgan fingerprint density at radius 2 is 1.95 bits per heavy atom. The lowest BCUT2D eigenvalue weighted by atomic mass is 9.98. The maximum atomic E-state index is 13.3. The summed E-state index contributed by atoms with van der Waals surface area (Å²) in [7, 11) is 2.72. The highest BCUT2D eigenvalue weighted by molar-refractivity contribution is 6.04. The predicted molar refractivity (Wildman–Crippen MR) is 68.9 cm³/mol. The average Bonchev–Trinajstić information content (AvgIpc) is 2.90. The number of halogens is 2. The molecule has 2 N–H and O–H groups in total. The molecule has 0 saturated heterocycles. The van der Waals surface area contributed by atoms with Gasteiger partial charge >= 0.3 is 0 Å². The van der Waals surface area contributed by atoms with E-state index in [9.17, 15) is 13.6 Å². The first-order valence-electron chi connectivity index (χ1n) is 6.00. The number of methoxy groups -OCH3 is 2. The van der Waals surface area contributed by atoms with Crippen LogP contribution in [0.5, 0.6) is 0 Å². The SMILES string of the molecule is COC(OC)c1cc2c(C(N)=O)noc2c(CF)c1CF. The summed E-state index contributed by atoms with van der Waals surface area (Å²) in [4.78, 5) is 11.3. The van der Waals surface area contributed by atoms with Crippen molar-refractivity contribution in [2.45, 2.75) is 19.6 Å². The molecule has 0 radical (unpaired) electrons. The van der Waals surface area contributed by atoms with E-state index in [-0.39, 0.29) is 33.4 Å². The fourth-order valence-corrected chi connectivity index (χ4v) is 2.24. The van der Waals surface area contributed by atoms with Gasteiger partial charge in [-0.2, -0.15) is 0 Å². The maximum absolute atomic E-state index is 13.3. The number of nitrogens with zero attached hydrogens (tertiary/aromatic N) is 1. The lowest BCUT2D eigenvalue weighted by Gasteiger charge is -2.18. The number of carbonyl (C=O) groups is 1. The minimum Gasteiger partial charge on any atom is -0.364 e. The number of primary amides is 1. The van der Waals surface area contributed by atoms with Crippen molar-refractivity contribution in [2.24, 2.45) is 5.73 Å². The second kappa shape index (κ2) is 6.15. The van der Waals surface area contributed by atoms with Gasteiger partial charge in [0.25, 0.3) is 5.91 Å². The summed E-state index contributed by atoms with van der Waals surface area (Å²) >= 11 is 0. The Bertz CT molecular complexity index is 668. The zero-order valence-corrected chi connectivity index (χ0v) is 11.5. The summed E-state index contributed by atoms with van der Waals surface area (Å²) in [5, 5.41) is 3.71. The number of carbonyl (C=O) groups excluding carboxylic acids is 1. The van der Waals surface area contributed by atoms with Crippen LogP contribution < -0.4 is 5.73 Å². The molecular formula is C13H14F2N2O4. The van der Waals surface area contributed by atoms with Crippen LogP contribution in [0, 0.1) is 0 Å². The molecule has 1 aromatic heterocycles. The van der Waals surface area contributed by atoms with Gasteiger partial charge in [-0.25, -0.2) is 8.78 Å². The van der Waals surface area contributed by atoms with E-state index in [1.54, 1.807) is 0 Å². The number of rotatable bonds is 6. The smallest absolute Gasteiger partial charge is 0.271 e. The molecule has 0 aliphatic rings. The van der Waals surface area contributed by atoms with Crippen LogP contribution in [0.4, 0.5) is 8.78 Å². The molecule has 0 aliphatic heterocycles. The standard InChI is InChI=1S/C13H14F2N2O4/c1-19-13(20-2)6-3-7-10(12(16)18)17-21-11(7)9(5-15)8(6)4-14/h3,13H,4-5H2,1-2H3,(H2,16,18). The van der Waals surface area contributed by atoms with Crippen molar-refractivity contribution in [3.05, 3.63) is 28.5 Å². The largest absolute Gasteiger partial charge is 0.364 e. The molecule has 0 saturated carbocycles. The highest BCUT2D eigenvalue weighted by Gasteiger charge is 2.25. The average molecular weight is 300 g/mol. The van der Waals surface area contributed by atoms with Crippen molar-refractivity contribution in [1.82, 2.24) is 5.16 Å². The third kappa shape index (κ3) is 2.47. The van der Waals surface area contributed by atoms with E-state index in [2.05, 4.69) is 5.16 Å². The van der Waals surface area contributed by atoms with Crippen LogP contribution in [0.25, 0.3) is 11.0 Å². The minimum absolute atomic E-state index is 0.00587. The summed E-state index contributed by atoms with van der Waals surface area (Å²) in [5.41, 5.74) is 5.29. The van der Waals surface area contributed by atoms with Crippen molar-refractivity contribution < 1.29 is 27.6 Å². The highest BCUT2D eigenvalue weighted by Crippen LogP contribution is 2.34. The fourth-order valence-electron chi connectivity index (χ4n) is 2.24. The molecule has 0 spiro atoms. The van der Waals surface area contributed by atoms with E-state index >= 15 is 0 Å². The van der Waals surface area contributed by atoms with Gasteiger partial charge in [0.15, 0.2) is 17.6 Å². The molecule has 2 aromatic rings. The molecule has 1 amide bonds. The first kappa shape index (κ1) is 15.3. The van der Waals surface area contributed by atoms with Gasteiger partial charge in [-0.05, 0) is 6.07 Å². The number of hydrogen-bond donors (Lipinski definition) is 1. The number of benzene rings is 1. The van der Waals surface area contributed by atoms with Crippen LogP contribution in [0.1, 0.15) is 33.5 Å². The Labute approximate surface area is 118 Å². The molecule has 21 heavy (non-hydrogen) atoms. The van der Waals surface area contributed by atoms with Gasteiger partial charge in [0, 0.05) is 30.9 Å². The Hall–Kier alpha value is -2.06. The molecule has 0 fully saturated rings. The number of nitrogens with two attached hydrogens (primary N) is 1. The molecule has 1 aromatic carbocycles. The van der Waals surface area contributed by atoms with Crippen molar-refractivity contribution >= 4 is 16.9 Å². The van der Waals surface area contributed by atoms with Crippen LogP contribution in [0.15, 0.2) is 10.6 Å². The monoisotopic (exact) mass is 300 g/mol. The Balaban J connectivity index is 2.83. The number of alkyl halides is 2. The zero-order valence-electron chi connectivity index (χ0n) is 11.5. The molecule has 0 unspecified atom stereocenters. The van der Waals surface area contributed by atoms with E-state index < -0.39 is 25.5 Å². The molecular weight excluding hydrogens is 286 g/mol. The second-order valence-corrected chi connectivity index (χ2v) is 4.27. The summed E-state index contributed by atoms with van der Waals surface area (Å²) in [6, 6.07) is 1.41. The van der Waals surface area contributed by atoms with E-state index in [4.69, 9.17) is 19.7 Å². The minimum atomic E-state index is -0.989. The molecule has 6 nitrogen and oxygen atoms in total. The van der Waals surface area contributed by atoms with E-state index in [0.29, 0.717) is 0 Å². The van der Waals surface area contributed by atoms with Crippen LogP contribution in [-0.4, -0.2) is 25.3 Å². The molecule has 1 heterocycles. The highest BCUT2D eigenvalue weighted by atomic mass is 19.1. The first-order chi connectivity index (χ1) is 10.1. The molecule has 114 valence electrons. The third-order valence-corrected chi connectivity index (χ3v) is 3.20. The van der Waals surface area contributed by atoms with E-state index in [1.807, 2.05) is 0 Å². The first-order valence-corrected chi connectivity index (χ1v) is 6.00. The quantitative estimate of drug-likeness (QED) is 0.826. The van der Waals surface area contributed by atoms with Crippen LogP contribution in [-0.2, 0) is 22.8 Å². The number of amides is 1. The molecule has 2 rings (SSSR count). The third-order valence-electron chi connectivity index (χ3n) is 3.20. The van der Waals surface area contributed by atoms with Crippen LogP contribution >= 0.6 is 0 Å². The normalized spacial score (nSPS) is 11.5. The summed E-state index contributed by atoms with van der Waals surface area (Å²) in [6.07, 6.45) is -0.916. The second-order valence-electron chi connectivity index (χ2n) is 4.27. The van der Waals surface area contributed by atoms with Crippen LogP contribution in [0.2, 0.25) is 0 Å².